The third-order valence-electron chi connectivity index (χ3n) is 3.86. The van der Waals surface area contributed by atoms with Crippen molar-refractivity contribution in [3.63, 3.8) is 0 Å². The standard InChI is InChI=1S/C15H20N6O/c1-12-17-18-19-21(12)10-7-15(22)16-13-5-4-6-14(11-13)20-8-2-3-9-20/h4-6,11H,2-3,7-10H2,1H3,(H,16,22). The van der Waals surface area contributed by atoms with Crippen LogP contribution in [0.3, 0.4) is 0 Å². The minimum Gasteiger partial charge on any atom is -0.371 e. The maximum Gasteiger partial charge on any atom is 0.226 e. The molecule has 1 amide bonds. The quantitative estimate of drug-likeness (QED) is 0.908. The average molecular weight is 300 g/mol. The van der Waals surface area contributed by atoms with Crippen molar-refractivity contribution < 1.29 is 4.79 Å². The molecular formula is C15H20N6O. The van der Waals surface area contributed by atoms with E-state index in [-0.39, 0.29) is 5.91 Å². The lowest BCUT2D eigenvalue weighted by atomic mass is 10.2. The van der Waals surface area contributed by atoms with Crippen molar-refractivity contribution in [1.82, 2.24) is 20.2 Å². The predicted octanol–water partition coefficient (Wildman–Crippen LogP) is 1.61. The van der Waals surface area contributed by atoms with Crippen molar-refractivity contribution in [3.8, 4) is 0 Å². The van der Waals surface area contributed by atoms with Gasteiger partial charge in [0.05, 0.1) is 6.54 Å². The molecular weight excluding hydrogens is 280 g/mol. The lowest BCUT2D eigenvalue weighted by Gasteiger charge is -2.18. The van der Waals surface area contributed by atoms with E-state index in [1.165, 1.54) is 18.5 Å². The number of tetrazole rings is 1. The Labute approximate surface area is 129 Å². The SMILES string of the molecule is Cc1nnnn1CCC(=O)Nc1cccc(N2CCCC2)c1. The van der Waals surface area contributed by atoms with Crippen molar-refractivity contribution in [2.45, 2.75) is 32.7 Å². The monoisotopic (exact) mass is 300 g/mol. The van der Waals surface area contributed by atoms with Crippen LogP contribution in [0.2, 0.25) is 0 Å². The average Bonchev–Trinajstić information content (AvgIpc) is 3.17. The van der Waals surface area contributed by atoms with E-state index in [1.807, 2.05) is 25.1 Å². The molecule has 7 heteroatoms. The first-order valence-electron chi connectivity index (χ1n) is 7.60. The van der Waals surface area contributed by atoms with Gasteiger partial charge in [0.2, 0.25) is 5.91 Å². The van der Waals surface area contributed by atoms with E-state index < -0.39 is 0 Å². The molecule has 0 radical (unpaired) electrons. The molecule has 2 heterocycles. The number of rotatable bonds is 5. The number of anilines is 2. The molecule has 1 aromatic carbocycles. The van der Waals surface area contributed by atoms with Crippen molar-refractivity contribution in [2.24, 2.45) is 0 Å². The predicted molar refractivity (Wildman–Crippen MR) is 83.7 cm³/mol. The second-order valence-corrected chi connectivity index (χ2v) is 5.49. The van der Waals surface area contributed by atoms with Crippen molar-refractivity contribution in [2.75, 3.05) is 23.3 Å². The number of aromatic nitrogens is 4. The first kappa shape index (κ1) is 14.5. The van der Waals surface area contributed by atoms with E-state index in [2.05, 4.69) is 31.8 Å². The molecule has 1 aliphatic rings. The summed E-state index contributed by atoms with van der Waals surface area (Å²) in [6, 6.07) is 8.02. The maximum absolute atomic E-state index is 12.0. The van der Waals surface area contributed by atoms with Crippen LogP contribution >= 0.6 is 0 Å². The zero-order valence-electron chi connectivity index (χ0n) is 12.7. The van der Waals surface area contributed by atoms with Gasteiger partial charge in [-0.05, 0) is 48.4 Å². The van der Waals surface area contributed by atoms with Gasteiger partial charge < -0.3 is 10.2 Å². The van der Waals surface area contributed by atoms with Gasteiger partial charge in [0.15, 0.2) is 0 Å². The first-order chi connectivity index (χ1) is 10.7. The van der Waals surface area contributed by atoms with Gasteiger partial charge in [-0.25, -0.2) is 4.68 Å². The van der Waals surface area contributed by atoms with Crippen LogP contribution < -0.4 is 10.2 Å². The number of carbonyl (C=O) groups is 1. The number of nitrogens with one attached hydrogen (secondary N) is 1. The molecule has 7 nitrogen and oxygen atoms in total. The Hall–Kier alpha value is -2.44. The third kappa shape index (κ3) is 3.41. The van der Waals surface area contributed by atoms with Crippen LogP contribution in [-0.4, -0.2) is 39.2 Å². The minimum absolute atomic E-state index is 0.0338. The van der Waals surface area contributed by atoms with E-state index in [0.717, 1.165) is 18.8 Å². The van der Waals surface area contributed by atoms with E-state index in [0.29, 0.717) is 18.8 Å². The molecule has 0 bridgehead atoms. The number of hydrogen-bond acceptors (Lipinski definition) is 5. The summed E-state index contributed by atoms with van der Waals surface area (Å²) < 4.78 is 1.63. The van der Waals surface area contributed by atoms with Gasteiger partial charge in [-0.1, -0.05) is 6.07 Å². The summed E-state index contributed by atoms with van der Waals surface area (Å²) in [5.74, 6) is 0.678. The lowest BCUT2D eigenvalue weighted by Crippen LogP contribution is -2.18. The molecule has 116 valence electrons. The normalized spacial score (nSPS) is 14.3. The highest BCUT2D eigenvalue weighted by Gasteiger charge is 2.13. The van der Waals surface area contributed by atoms with Crippen LogP contribution in [0.5, 0.6) is 0 Å². The fourth-order valence-electron chi connectivity index (χ4n) is 2.64. The second kappa shape index (κ2) is 6.55. The lowest BCUT2D eigenvalue weighted by molar-refractivity contribution is -0.116. The largest absolute Gasteiger partial charge is 0.371 e. The zero-order chi connectivity index (χ0) is 15.4. The molecule has 0 atom stereocenters. The van der Waals surface area contributed by atoms with E-state index in [9.17, 15) is 4.79 Å². The van der Waals surface area contributed by atoms with E-state index >= 15 is 0 Å². The zero-order valence-corrected chi connectivity index (χ0v) is 12.7. The molecule has 0 unspecified atom stereocenters. The highest BCUT2D eigenvalue weighted by atomic mass is 16.1. The molecule has 0 aliphatic carbocycles. The number of aryl methyl sites for hydroxylation is 2. The minimum atomic E-state index is -0.0338. The van der Waals surface area contributed by atoms with Gasteiger partial charge >= 0.3 is 0 Å². The van der Waals surface area contributed by atoms with Crippen LogP contribution in [0.15, 0.2) is 24.3 Å². The number of nitrogens with zero attached hydrogens (tertiary/aromatic N) is 5. The van der Waals surface area contributed by atoms with Crippen LogP contribution in [0.1, 0.15) is 25.1 Å². The fraction of sp³-hybridized carbons (Fsp3) is 0.467. The Morgan fingerprint density at radius 1 is 1.32 bits per heavy atom. The summed E-state index contributed by atoms with van der Waals surface area (Å²) in [4.78, 5) is 14.4. The van der Waals surface area contributed by atoms with Gasteiger partial charge in [-0.3, -0.25) is 4.79 Å². The molecule has 22 heavy (non-hydrogen) atoms. The third-order valence-corrected chi connectivity index (χ3v) is 3.86. The van der Waals surface area contributed by atoms with E-state index in [4.69, 9.17) is 0 Å². The van der Waals surface area contributed by atoms with Gasteiger partial charge in [0, 0.05) is 30.9 Å². The van der Waals surface area contributed by atoms with Crippen LogP contribution in [-0.2, 0) is 11.3 Å². The topological polar surface area (TPSA) is 75.9 Å². The Kier molecular flexibility index (Phi) is 4.32. The summed E-state index contributed by atoms with van der Waals surface area (Å²) in [6.45, 7) is 4.49. The molecule has 1 fully saturated rings. The number of amides is 1. The van der Waals surface area contributed by atoms with Crippen molar-refractivity contribution in [3.05, 3.63) is 30.1 Å². The Balaban J connectivity index is 1.57. The van der Waals surface area contributed by atoms with Gasteiger partial charge in [-0.2, -0.15) is 0 Å². The van der Waals surface area contributed by atoms with Gasteiger partial charge in [0.1, 0.15) is 5.82 Å². The highest BCUT2D eigenvalue weighted by Crippen LogP contribution is 2.23. The van der Waals surface area contributed by atoms with Crippen LogP contribution in [0, 0.1) is 6.92 Å². The molecule has 1 N–H and O–H groups in total. The highest BCUT2D eigenvalue weighted by molar-refractivity contribution is 5.91. The van der Waals surface area contributed by atoms with E-state index in [1.54, 1.807) is 4.68 Å². The molecule has 3 rings (SSSR count). The fourth-order valence-corrected chi connectivity index (χ4v) is 2.64. The second-order valence-electron chi connectivity index (χ2n) is 5.49. The van der Waals surface area contributed by atoms with Crippen molar-refractivity contribution >= 4 is 17.3 Å². The van der Waals surface area contributed by atoms with Gasteiger partial charge in [0.25, 0.3) is 0 Å². The molecule has 0 saturated carbocycles. The summed E-state index contributed by atoms with van der Waals surface area (Å²) in [5, 5.41) is 14.1. The Morgan fingerprint density at radius 2 is 2.14 bits per heavy atom. The Morgan fingerprint density at radius 3 is 2.86 bits per heavy atom. The smallest absolute Gasteiger partial charge is 0.226 e. The van der Waals surface area contributed by atoms with Gasteiger partial charge in [-0.15, -0.1) is 5.10 Å². The molecule has 2 aromatic rings. The summed E-state index contributed by atoms with van der Waals surface area (Å²) in [7, 11) is 0. The summed E-state index contributed by atoms with van der Waals surface area (Å²) in [6.07, 6.45) is 2.82. The Bertz CT molecular complexity index is 647. The number of carbonyl (C=O) groups excluding carboxylic acids is 1. The molecule has 1 aromatic heterocycles. The number of hydrogen-bond donors (Lipinski definition) is 1. The summed E-state index contributed by atoms with van der Waals surface area (Å²) in [5.41, 5.74) is 2.01. The van der Waals surface area contributed by atoms with Crippen LogP contribution in [0.4, 0.5) is 11.4 Å². The number of benzene rings is 1. The maximum atomic E-state index is 12.0. The van der Waals surface area contributed by atoms with Crippen molar-refractivity contribution in [1.29, 1.82) is 0 Å². The summed E-state index contributed by atoms with van der Waals surface area (Å²) >= 11 is 0. The molecule has 0 spiro atoms. The molecule has 1 aliphatic heterocycles. The van der Waals surface area contributed by atoms with Crippen LogP contribution in [0.25, 0.3) is 0 Å². The molecule has 1 saturated heterocycles. The first-order valence-corrected chi connectivity index (χ1v) is 7.60.